The molecule has 0 rings (SSSR count). The molecule has 0 saturated heterocycles. The molecule has 0 bridgehead atoms. The lowest BCUT2D eigenvalue weighted by Gasteiger charge is -2.16. The summed E-state index contributed by atoms with van der Waals surface area (Å²) in [5.41, 5.74) is 1.10. The van der Waals surface area contributed by atoms with Gasteiger partial charge in [0.1, 0.15) is 6.04 Å². The minimum atomic E-state index is -0.588. The van der Waals surface area contributed by atoms with Gasteiger partial charge in [-0.2, -0.15) is 0 Å². The van der Waals surface area contributed by atoms with Gasteiger partial charge in [0.15, 0.2) is 0 Å². The summed E-state index contributed by atoms with van der Waals surface area (Å²) in [7, 11) is 1.32. The molecule has 0 aromatic rings. The molecule has 0 aliphatic heterocycles. The molecule has 0 aromatic heterocycles. The van der Waals surface area contributed by atoms with Crippen LogP contribution >= 0.6 is 0 Å². The van der Waals surface area contributed by atoms with E-state index in [4.69, 9.17) is 0 Å². The highest BCUT2D eigenvalue weighted by atomic mass is 16.5. The molecule has 1 N–H and O–H groups in total. The van der Waals surface area contributed by atoms with E-state index in [0.717, 1.165) is 5.57 Å². The number of nitrogens with one attached hydrogen (secondary N) is 1. The molecule has 0 aliphatic rings. The van der Waals surface area contributed by atoms with E-state index in [1.54, 1.807) is 13.8 Å². The molecule has 0 fully saturated rings. The van der Waals surface area contributed by atoms with E-state index in [-0.39, 0.29) is 11.8 Å². The molecule has 0 saturated carbocycles. The third kappa shape index (κ3) is 5.53. The Morgan fingerprint density at radius 3 is 2.25 bits per heavy atom. The number of esters is 1. The second kappa shape index (κ2) is 7.04. The van der Waals surface area contributed by atoms with Gasteiger partial charge in [-0.05, 0) is 20.3 Å². The van der Waals surface area contributed by atoms with Crippen LogP contribution in [0.2, 0.25) is 0 Å². The Balaban J connectivity index is 4.50. The minimum Gasteiger partial charge on any atom is -0.467 e. The topological polar surface area (TPSA) is 55.4 Å². The van der Waals surface area contributed by atoms with Crippen molar-refractivity contribution in [2.75, 3.05) is 7.11 Å². The van der Waals surface area contributed by atoms with Crippen molar-refractivity contribution in [2.24, 2.45) is 5.92 Å². The first kappa shape index (κ1) is 14.7. The molecule has 0 heterocycles. The van der Waals surface area contributed by atoms with Crippen molar-refractivity contribution < 1.29 is 14.3 Å². The Kier molecular flexibility index (Phi) is 6.46. The Morgan fingerprint density at radius 2 is 1.88 bits per heavy atom. The van der Waals surface area contributed by atoms with Gasteiger partial charge in [-0.25, -0.2) is 4.79 Å². The van der Waals surface area contributed by atoms with Gasteiger partial charge < -0.3 is 10.1 Å². The molecular formula is C12H21NO3. The molecule has 1 amide bonds. The monoisotopic (exact) mass is 227 g/mol. The first-order valence-corrected chi connectivity index (χ1v) is 5.40. The first-order chi connectivity index (χ1) is 7.38. The molecule has 16 heavy (non-hydrogen) atoms. The quantitative estimate of drug-likeness (QED) is 0.574. The fraction of sp³-hybridized carbons (Fsp3) is 0.667. The van der Waals surface area contributed by atoms with Crippen molar-refractivity contribution in [3.8, 4) is 0 Å². The molecule has 0 spiro atoms. The minimum absolute atomic E-state index is 0.140. The largest absolute Gasteiger partial charge is 0.467 e. The second-order valence-corrected chi connectivity index (χ2v) is 4.26. The van der Waals surface area contributed by atoms with Crippen LogP contribution in [0.25, 0.3) is 0 Å². The van der Waals surface area contributed by atoms with E-state index in [1.165, 1.54) is 7.11 Å². The summed E-state index contributed by atoms with van der Waals surface area (Å²) in [6, 6.07) is -0.588. The lowest BCUT2D eigenvalue weighted by Crippen LogP contribution is -2.43. The Labute approximate surface area is 97.1 Å². The summed E-state index contributed by atoms with van der Waals surface area (Å²) in [6.07, 6.45) is 2.37. The van der Waals surface area contributed by atoms with E-state index in [1.807, 2.05) is 19.9 Å². The van der Waals surface area contributed by atoms with E-state index in [9.17, 15) is 9.59 Å². The van der Waals surface area contributed by atoms with Crippen LogP contribution in [0.1, 0.15) is 34.1 Å². The lowest BCUT2D eigenvalue weighted by atomic mass is 10.1. The van der Waals surface area contributed by atoms with Crippen molar-refractivity contribution in [2.45, 2.75) is 40.2 Å². The van der Waals surface area contributed by atoms with Crippen LogP contribution in [0.3, 0.4) is 0 Å². The van der Waals surface area contributed by atoms with Gasteiger partial charge in [-0.3, -0.25) is 4.79 Å². The fourth-order valence-corrected chi connectivity index (χ4v) is 1.05. The van der Waals surface area contributed by atoms with Crippen LogP contribution in [0.5, 0.6) is 0 Å². The Bertz CT molecular complexity index is 278. The van der Waals surface area contributed by atoms with Gasteiger partial charge in [-0.1, -0.05) is 25.5 Å². The number of ether oxygens (including phenoxy) is 1. The number of rotatable bonds is 5. The SMILES string of the molecule is COC(=O)[C@H](CC=C(C)C)NC(=O)C(C)C. The van der Waals surface area contributed by atoms with Crippen molar-refractivity contribution >= 4 is 11.9 Å². The predicted octanol–water partition coefficient (Wildman–Crippen LogP) is 1.66. The van der Waals surface area contributed by atoms with Crippen molar-refractivity contribution in [3.05, 3.63) is 11.6 Å². The normalized spacial score (nSPS) is 11.9. The molecule has 4 nitrogen and oxygen atoms in total. The van der Waals surface area contributed by atoms with Crippen LogP contribution in [0.4, 0.5) is 0 Å². The molecule has 92 valence electrons. The number of hydrogen-bond acceptors (Lipinski definition) is 3. The van der Waals surface area contributed by atoms with Gasteiger partial charge in [0.25, 0.3) is 0 Å². The number of hydrogen-bond donors (Lipinski definition) is 1. The van der Waals surface area contributed by atoms with Crippen molar-refractivity contribution in [1.82, 2.24) is 5.32 Å². The Morgan fingerprint density at radius 1 is 1.31 bits per heavy atom. The maximum absolute atomic E-state index is 11.5. The van der Waals surface area contributed by atoms with E-state index >= 15 is 0 Å². The highest BCUT2D eigenvalue weighted by Gasteiger charge is 2.21. The zero-order chi connectivity index (χ0) is 12.7. The molecule has 0 unspecified atom stereocenters. The number of carbonyl (C=O) groups excluding carboxylic acids is 2. The van der Waals surface area contributed by atoms with Gasteiger partial charge in [0.05, 0.1) is 7.11 Å². The number of carbonyl (C=O) groups is 2. The molecule has 0 radical (unpaired) electrons. The highest BCUT2D eigenvalue weighted by molar-refractivity contribution is 5.85. The average Bonchev–Trinajstić information content (AvgIpc) is 2.22. The van der Waals surface area contributed by atoms with E-state index in [0.29, 0.717) is 6.42 Å². The second-order valence-electron chi connectivity index (χ2n) is 4.26. The summed E-state index contributed by atoms with van der Waals surface area (Å²) >= 11 is 0. The summed E-state index contributed by atoms with van der Waals surface area (Å²) in [5, 5.41) is 2.66. The molecule has 0 aliphatic carbocycles. The maximum Gasteiger partial charge on any atom is 0.328 e. The van der Waals surface area contributed by atoms with E-state index in [2.05, 4.69) is 10.1 Å². The average molecular weight is 227 g/mol. The Hall–Kier alpha value is -1.32. The third-order valence-electron chi connectivity index (χ3n) is 2.09. The summed E-state index contributed by atoms with van der Waals surface area (Å²) in [5.74, 6) is -0.692. The number of amides is 1. The van der Waals surface area contributed by atoms with Gasteiger partial charge in [0.2, 0.25) is 5.91 Å². The zero-order valence-electron chi connectivity index (χ0n) is 10.7. The van der Waals surface area contributed by atoms with Crippen molar-refractivity contribution in [1.29, 1.82) is 0 Å². The van der Waals surface area contributed by atoms with Crippen molar-refractivity contribution in [3.63, 3.8) is 0 Å². The van der Waals surface area contributed by atoms with Crippen LogP contribution in [0.15, 0.2) is 11.6 Å². The predicted molar refractivity (Wildman–Crippen MR) is 62.8 cm³/mol. The lowest BCUT2D eigenvalue weighted by molar-refractivity contribution is -0.145. The van der Waals surface area contributed by atoms with Gasteiger partial charge in [0, 0.05) is 5.92 Å². The van der Waals surface area contributed by atoms with Gasteiger partial charge in [-0.15, -0.1) is 0 Å². The van der Waals surface area contributed by atoms with Gasteiger partial charge >= 0.3 is 5.97 Å². The van der Waals surface area contributed by atoms with Crippen LogP contribution in [-0.4, -0.2) is 25.0 Å². The standard InChI is InChI=1S/C12H21NO3/c1-8(2)6-7-10(12(15)16-5)13-11(14)9(3)4/h6,9-10H,7H2,1-5H3,(H,13,14)/t10-/m0/s1. The molecular weight excluding hydrogens is 206 g/mol. The smallest absolute Gasteiger partial charge is 0.328 e. The summed E-state index contributed by atoms with van der Waals surface area (Å²) in [4.78, 5) is 22.9. The third-order valence-corrected chi connectivity index (χ3v) is 2.09. The van der Waals surface area contributed by atoms with Crippen LogP contribution < -0.4 is 5.32 Å². The molecule has 1 atom stereocenters. The number of methoxy groups -OCH3 is 1. The van der Waals surface area contributed by atoms with Crippen LogP contribution in [-0.2, 0) is 14.3 Å². The van der Waals surface area contributed by atoms with E-state index < -0.39 is 12.0 Å². The maximum atomic E-state index is 11.5. The number of allylic oxidation sites excluding steroid dienone is 1. The van der Waals surface area contributed by atoms with Crippen LogP contribution in [0, 0.1) is 5.92 Å². The summed E-state index contributed by atoms with van der Waals surface area (Å²) < 4.78 is 4.64. The molecule has 4 heteroatoms. The highest BCUT2D eigenvalue weighted by Crippen LogP contribution is 2.02. The fourth-order valence-electron chi connectivity index (χ4n) is 1.05. The summed E-state index contributed by atoms with van der Waals surface area (Å²) in [6.45, 7) is 7.45. The zero-order valence-corrected chi connectivity index (χ0v) is 10.7. The molecule has 0 aromatic carbocycles. The first-order valence-electron chi connectivity index (χ1n) is 5.40.